The molecule has 3 heterocycles. The lowest BCUT2D eigenvalue weighted by Crippen LogP contribution is -2.39. The van der Waals surface area contributed by atoms with Crippen LogP contribution >= 0.6 is 0 Å². The predicted octanol–water partition coefficient (Wildman–Crippen LogP) is 2.32. The van der Waals surface area contributed by atoms with Crippen molar-refractivity contribution in [2.75, 3.05) is 6.54 Å². The van der Waals surface area contributed by atoms with Crippen LogP contribution in [-0.2, 0) is 26.1 Å². The number of halogens is 1. The molecule has 2 aliphatic rings. The normalized spacial score (nSPS) is 15.5. The molecule has 190 valence electrons. The molecule has 0 spiro atoms. The molecule has 1 aliphatic heterocycles. The highest BCUT2D eigenvalue weighted by atomic mass is 19.1. The molecule has 0 radical (unpaired) electrons. The molecule has 0 bridgehead atoms. The van der Waals surface area contributed by atoms with E-state index in [0.717, 1.165) is 19.3 Å². The highest BCUT2D eigenvalue weighted by molar-refractivity contribution is 5.94. The summed E-state index contributed by atoms with van der Waals surface area (Å²) in [4.78, 5) is 27.1. The fraction of sp³-hybridized carbons (Fsp3) is 0.346. The molecule has 37 heavy (non-hydrogen) atoms. The summed E-state index contributed by atoms with van der Waals surface area (Å²) in [5.74, 6) is 0.603. The van der Waals surface area contributed by atoms with E-state index in [1.807, 2.05) is 6.07 Å². The van der Waals surface area contributed by atoms with E-state index in [1.165, 1.54) is 17.0 Å². The zero-order valence-electron chi connectivity index (χ0n) is 20.0. The molecule has 0 unspecified atom stereocenters. The second-order valence-corrected chi connectivity index (χ2v) is 9.44. The fourth-order valence-corrected chi connectivity index (χ4v) is 4.81. The van der Waals surface area contributed by atoms with Crippen molar-refractivity contribution in [3.8, 4) is 5.75 Å². The van der Waals surface area contributed by atoms with E-state index < -0.39 is 11.7 Å². The Kier molecular flexibility index (Phi) is 5.91. The number of carbonyl (C=O) groups excluding carboxylic acids is 1. The van der Waals surface area contributed by atoms with Gasteiger partial charge in [-0.1, -0.05) is 6.07 Å². The van der Waals surface area contributed by atoms with Gasteiger partial charge in [-0.2, -0.15) is 5.10 Å². The Hall–Kier alpha value is -4.12. The minimum absolute atomic E-state index is 0.0458. The quantitative estimate of drug-likeness (QED) is 0.413. The van der Waals surface area contributed by atoms with Gasteiger partial charge in [0.2, 0.25) is 0 Å². The molecule has 1 fully saturated rings. The number of aromatic amines is 1. The molecule has 2 aromatic heterocycles. The van der Waals surface area contributed by atoms with Gasteiger partial charge < -0.3 is 19.3 Å². The van der Waals surface area contributed by atoms with Gasteiger partial charge in [0, 0.05) is 24.9 Å². The maximum Gasteiger partial charge on any atom is 0.272 e. The number of H-pyrrole nitrogens is 1. The minimum Gasteiger partial charge on any atom is -0.490 e. The summed E-state index contributed by atoms with van der Waals surface area (Å²) in [6.07, 6.45) is 3.67. The average molecular weight is 505 g/mol. The maximum absolute atomic E-state index is 14.8. The summed E-state index contributed by atoms with van der Waals surface area (Å²) in [5.41, 5.74) is 0.932. The number of aliphatic hydroxyl groups excluding tert-OH is 1. The Morgan fingerprint density at radius 1 is 1.14 bits per heavy atom. The summed E-state index contributed by atoms with van der Waals surface area (Å²) in [5, 5.41) is 25.3. The molecule has 11 heteroatoms. The second kappa shape index (κ2) is 9.40. The molecular formula is C26H25FN6O4. The molecule has 10 nitrogen and oxygen atoms in total. The Morgan fingerprint density at radius 2 is 2.00 bits per heavy atom. The molecule has 0 saturated heterocycles. The Bertz CT molecular complexity index is 1560. The first-order valence-electron chi connectivity index (χ1n) is 12.3. The highest BCUT2D eigenvalue weighted by Gasteiger charge is 2.27. The third-order valence-corrected chi connectivity index (χ3v) is 7.09. The molecule has 6 rings (SSSR count). The van der Waals surface area contributed by atoms with Crippen LogP contribution < -0.4 is 10.3 Å². The molecular weight excluding hydrogens is 479 g/mol. The van der Waals surface area contributed by atoms with Crippen LogP contribution in [0.2, 0.25) is 0 Å². The lowest BCUT2D eigenvalue weighted by Gasteiger charge is -2.28. The average Bonchev–Trinajstić information content (AvgIpc) is 3.31. The van der Waals surface area contributed by atoms with Gasteiger partial charge in [0.15, 0.2) is 11.6 Å². The number of carbonyl (C=O) groups is 1. The highest BCUT2D eigenvalue weighted by Crippen LogP contribution is 2.28. The number of rotatable bonds is 6. The predicted molar refractivity (Wildman–Crippen MR) is 131 cm³/mol. The smallest absolute Gasteiger partial charge is 0.272 e. The third kappa shape index (κ3) is 4.35. The summed E-state index contributed by atoms with van der Waals surface area (Å²) in [6, 6.07) is 9.76. The fourth-order valence-electron chi connectivity index (χ4n) is 4.81. The van der Waals surface area contributed by atoms with Crippen LogP contribution in [-0.4, -0.2) is 53.5 Å². The van der Waals surface area contributed by atoms with Crippen LogP contribution in [0.3, 0.4) is 0 Å². The first-order chi connectivity index (χ1) is 18.0. The van der Waals surface area contributed by atoms with Crippen LogP contribution in [0.25, 0.3) is 10.8 Å². The van der Waals surface area contributed by atoms with Gasteiger partial charge >= 0.3 is 0 Å². The summed E-state index contributed by atoms with van der Waals surface area (Å²) in [6.45, 7) is 0.699. The van der Waals surface area contributed by atoms with Crippen molar-refractivity contribution in [1.29, 1.82) is 0 Å². The van der Waals surface area contributed by atoms with E-state index in [0.29, 0.717) is 52.5 Å². The molecule has 2 N–H and O–H groups in total. The summed E-state index contributed by atoms with van der Waals surface area (Å²) < 4.78 is 22.6. The zero-order valence-corrected chi connectivity index (χ0v) is 20.0. The SMILES string of the molecule is O=C(c1cc(Cc2n[nH]c(=O)c3ccc(OC4CCC4)cc23)ccc1F)N1CCn2c(CO)nnc2C1. The number of nitrogens with one attached hydrogen (secondary N) is 1. The standard InChI is InChI=1S/C26H25FN6O4/c27-21-7-4-15(10-20(21)26(36)32-8-9-33-23(13-32)29-30-24(33)14-34)11-22-19-12-17(37-16-2-1-3-16)5-6-18(19)25(35)31-28-22/h4-7,10,12,16,34H,1-3,8-9,11,13-14H2,(H,31,35). The van der Waals surface area contributed by atoms with Gasteiger partial charge in [0.05, 0.1) is 29.3 Å². The molecule has 1 saturated carbocycles. The van der Waals surface area contributed by atoms with Crippen molar-refractivity contribution in [3.05, 3.63) is 81.0 Å². The molecule has 4 aromatic rings. The van der Waals surface area contributed by atoms with Gasteiger partial charge in [0.25, 0.3) is 11.5 Å². The topological polar surface area (TPSA) is 126 Å². The van der Waals surface area contributed by atoms with Gasteiger partial charge in [-0.25, -0.2) is 9.49 Å². The molecule has 0 atom stereocenters. The van der Waals surface area contributed by atoms with E-state index in [-0.39, 0.29) is 36.8 Å². The van der Waals surface area contributed by atoms with Crippen molar-refractivity contribution < 1.29 is 19.0 Å². The van der Waals surface area contributed by atoms with E-state index >= 15 is 0 Å². The molecule has 1 aliphatic carbocycles. The number of amides is 1. The largest absolute Gasteiger partial charge is 0.490 e. The Labute approximate surface area is 210 Å². The van der Waals surface area contributed by atoms with Crippen molar-refractivity contribution in [2.45, 2.75) is 51.5 Å². The van der Waals surface area contributed by atoms with Crippen LogP contribution in [0.4, 0.5) is 4.39 Å². The maximum atomic E-state index is 14.8. The number of ether oxygens (including phenoxy) is 1. The van der Waals surface area contributed by atoms with Gasteiger partial charge in [-0.05, 0) is 55.2 Å². The molecule has 1 amide bonds. The van der Waals surface area contributed by atoms with Gasteiger partial charge in [-0.15, -0.1) is 10.2 Å². The van der Waals surface area contributed by atoms with E-state index in [2.05, 4.69) is 20.4 Å². The minimum atomic E-state index is -0.618. The monoisotopic (exact) mass is 504 g/mol. The van der Waals surface area contributed by atoms with Crippen LogP contribution in [0, 0.1) is 5.82 Å². The van der Waals surface area contributed by atoms with Crippen molar-refractivity contribution in [3.63, 3.8) is 0 Å². The summed E-state index contributed by atoms with van der Waals surface area (Å²) in [7, 11) is 0. The number of aromatic nitrogens is 5. The zero-order chi connectivity index (χ0) is 25.5. The third-order valence-electron chi connectivity index (χ3n) is 7.09. The molecule has 2 aromatic carbocycles. The number of hydrogen-bond donors (Lipinski definition) is 2. The first-order valence-corrected chi connectivity index (χ1v) is 12.3. The van der Waals surface area contributed by atoms with Crippen molar-refractivity contribution in [2.24, 2.45) is 0 Å². The Morgan fingerprint density at radius 3 is 2.78 bits per heavy atom. The second-order valence-electron chi connectivity index (χ2n) is 9.44. The summed E-state index contributed by atoms with van der Waals surface area (Å²) >= 11 is 0. The lowest BCUT2D eigenvalue weighted by atomic mass is 9.96. The number of nitrogens with zero attached hydrogens (tertiary/aromatic N) is 5. The van der Waals surface area contributed by atoms with Crippen LogP contribution in [0.1, 0.15) is 52.5 Å². The van der Waals surface area contributed by atoms with Crippen molar-refractivity contribution in [1.82, 2.24) is 29.9 Å². The van der Waals surface area contributed by atoms with Gasteiger partial charge in [0.1, 0.15) is 18.2 Å². The van der Waals surface area contributed by atoms with E-state index in [9.17, 15) is 19.1 Å². The van der Waals surface area contributed by atoms with Crippen LogP contribution in [0.5, 0.6) is 5.75 Å². The van der Waals surface area contributed by atoms with Crippen molar-refractivity contribution >= 4 is 16.7 Å². The first kappa shape index (κ1) is 23.3. The lowest BCUT2D eigenvalue weighted by molar-refractivity contribution is 0.0700. The number of aliphatic hydroxyl groups is 1. The number of benzene rings is 2. The number of fused-ring (bicyclic) bond motifs is 2. The van der Waals surface area contributed by atoms with Crippen LogP contribution in [0.15, 0.2) is 41.2 Å². The van der Waals surface area contributed by atoms with E-state index in [4.69, 9.17) is 4.74 Å². The van der Waals surface area contributed by atoms with E-state index in [1.54, 1.807) is 22.8 Å². The Balaban J connectivity index is 1.27. The number of hydrogen-bond acceptors (Lipinski definition) is 7. The van der Waals surface area contributed by atoms with Gasteiger partial charge in [-0.3, -0.25) is 9.59 Å².